The fourth-order valence-electron chi connectivity index (χ4n) is 0.718. The molecule has 0 bridgehead atoms. The molecule has 1 aromatic rings. The van der Waals surface area contributed by atoms with Gasteiger partial charge in [0.1, 0.15) is 5.75 Å². The molecule has 0 amide bonds. The standard InChI is InChI=1S/C8H8OS/c1-6(10)7-4-2-3-5-8(7)9/h2-5,9-10H,1H2. The summed E-state index contributed by atoms with van der Waals surface area (Å²) in [5.41, 5.74) is 0.686. The molecular weight excluding hydrogens is 144 g/mol. The molecule has 0 spiro atoms. The zero-order valence-corrected chi connectivity index (χ0v) is 6.31. The van der Waals surface area contributed by atoms with E-state index in [4.69, 9.17) is 0 Å². The summed E-state index contributed by atoms with van der Waals surface area (Å²) in [4.78, 5) is 0.582. The Balaban J connectivity index is 3.15. The van der Waals surface area contributed by atoms with Gasteiger partial charge in [-0.05, 0) is 6.07 Å². The third kappa shape index (κ3) is 1.33. The van der Waals surface area contributed by atoms with Gasteiger partial charge in [-0.15, -0.1) is 12.6 Å². The van der Waals surface area contributed by atoms with E-state index in [1.807, 2.05) is 6.07 Å². The van der Waals surface area contributed by atoms with E-state index in [-0.39, 0.29) is 5.75 Å². The van der Waals surface area contributed by atoms with Crippen molar-refractivity contribution in [2.45, 2.75) is 0 Å². The normalized spacial score (nSPS) is 9.30. The van der Waals surface area contributed by atoms with Gasteiger partial charge in [-0.2, -0.15) is 0 Å². The summed E-state index contributed by atoms with van der Waals surface area (Å²) < 4.78 is 0. The minimum absolute atomic E-state index is 0.225. The van der Waals surface area contributed by atoms with Crippen LogP contribution in [0.15, 0.2) is 30.8 Å². The average Bonchev–Trinajstić information content (AvgIpc) is 1.88. The summed E-state index contributed by atoms with van der Waals surface area (Å²) >= 11 is 4.00. The van der Waals surface area contributed by atoms with Crippen molar-refractivity contribution in [1.29, 1.82) is 0 Å². The molecule has 1 aromatic carbocycles. The SMILES string of the molecule is C=C(S)c1ccccc1O. The zero-order valence-electron chi connectivity index (χ0n) is 5.41. The Hall–Kier alpha value is -0.890. The molecular formula is C8H8OS. The number of hydrogen-bond donors (Lipinski definition) is 2. The smallest absolute Gasteiger partial charge is 0.123 e. The molecule has 0 unspecified atom stereocenters. The topological polar surface area (TPSA) is 20.2 Å². The highest BCUT2D eigenvalue weighted by molar-refractivity contribution is 7.90. The van der Waals surface area contributed by atoms with Gasteiger partial charge in [0.25, 0.3) is 0 Å². The second kappa shape index (κ2) is 2.80. The maximum atomic E-state index is 9.17. The summed E-state index contributed by atoms with van der Waals surface area (Å²) in [5, 5.41) is 9.17. The molecule has 0 aromatic heterocycles. The second-order valence-corrected chi connectivity index (χ2v) is 2.50. The van der Waals surface area contributed by atoms with Gasteiger partial charge in [-0.25, -0.2) is 0 Å². The van der Waals surface area contributed by atoms with Gasteiger partial charge in [0, 0.05) is 10.5 Å². The minimum atomic E-state index is 0.225. The van der Waals surface area contributed by atoms with Crippen LogP contribution in [0.5, 0.6) is 5.75 Å². The maximum Gasteiger partial charge on any atom is 0.123 e. The Kier molecular flexibility index (Phi) is 2.02. The van der Waals surface area contributed by atoms with Crippen LogP contribution >= 0.6 is 12.6 Å². The fourth-order valence-corrected chi connectivity index (χ4v) is 0.907. The number of para-hydroxylation sites is 1. The van der Waals surface area contributed by atoms with Crippen molar-refractivity contribution in [1.82, 2.24) is 0 Å². The number of hydrogen-bond acceptors (Lipinski definition) is 2. The molecule has 1 rings (SSSR count). The molecule has 0 aliphatic carbocycles. The van der Waals surface area contributed by atoms with Gasteiger partial charge < -0.3 is 5.11 Å². The van der Waals surface area contributed by atoms with Gasteiger partial charge in [-0.3, -0.25) is 0 Å². The molecule has 0 heterocycles. The first-order valence-corrected chi connectivity index (χ1v) is 3.33. The van der Waals surface area contributed by atoms with Crippen LogP contribution in [-0.2, 0) is 0 Å². The molecule has 0 radical (unpaired) electrons. The summed E-state index contributed by atoms with van der Waals surface area (Å²) in [6, 6.07) is 6.97. The number of aromatic hydroxyl groups is 1. The number of rotatable bonds is 1. The van der Waals surface area contributed by atoms with Crippen molar-refractivity contribution in [2.75, 3.05) is 0 Å². The lowest BCUT2D eigenvalue weighted by Gasteiger charge is -1.99. The molecule has 0 aliphatic heterocycles. The van der Waals surface area contributed by atoms with Crippen LogP contribution in [0.2, 0.25) is 0 Å². The van der Waals surface area contributed by atoms with Crippen molar-refractivity contribution >= 4 is 17.5 Å². The molecule has 1 nitrogen and oxygen atoms in total. The van der Waals surface area contributed by atoms with Gasteiger partial charge in [0.2, 0.25) is 0 Å². The van der Waals surface area contributed by atoms with Crippen molar-refractivity contribution in [2.24, 2.45) is 0 Å². The molecule has 0 atom stereocenters. The maximum absolute atomic E-state index is 9.17. The quantitative estimate of drug-likeness (QED) is 0.591. The van der Waals surface area contributed by atoms with Gasteiger partial charge in [0.05, 0.1) is 0 Å². The number of phenolic OH excluding ortho intramolecular Hbond substituents is 1. The average molecular weight is 152 g/mol. The van der Waals surface area contributed by atoms with Crippen LogP contribution in [0.1, 0.15) is 5.56 Å². The highest BCUT2D eigenvalue weighted by atomic mass is 32.1. The van der Waals surface area contributed by atoms with E-state index in [0.717, 1.165) is 0 Å². The lowest BCUT2D eigenvalue weighted by atomic mass is 10.2. The molecule has 1 N–H and O–H groups in total. The van der Waals surface area contributed by atoms with Gasteiger partial charge >= 0.3 is 0 Å². The van der Waals surface area contributed by atoms with Crippen molar-refractivity contribution in [3.05, 3.63) is 36.4 Å². The van der Waals surface area contributed by atoms with Crippen LogP contribution in [0.25, 0.3) is 4.91 Å². The molecule has 0 fully saturated rings. The fraction of sp³-hybridized carbons (Fsp3) is 0. The Morgan fingerprint density at radius 3 is 2.40 bits per heavy atom. The first-order valence-electron chi connectivity index (χ1n) is 2.88. The highest BCUT2D eigenvalue weighted by Crippen LogP contribution is 2.24. The van der Waals surface area contributed by atoms with Crippen molar-refractivity contribution in [3.63, 3.8) is 0 Å². The van der Waals surface area contributed by atoms with Crippen molar-refractivity contribution in [3.8, 4) is 5.75 Å². The predicted octanol–water partition coefficient (Wildman–Crippen LogP) is 2.29. The zero-order chi connectivity index (χ0) is 7.56. The Bertz CT molecular complexity index is 255. The molecule has 0 saturated heterocycles. The van der Waals surface area contributed by atoms with E-state index >= 15 is 0 Å². The lowest BCUT2D eigenvalue weighted by Crippen LogP contribution is -1.74. The Morgan fingerprint density at radius 1 is 1.40 bits per heavy atom. The molecule has 0 saturated carbocycles. The Morgan fingerprint density at radius 2 is 2.00 bits per heavy atom. The predicted molar refractivity (Wildman–Crippen MR) is 46.1 cm³/mol. The first-order chi connectivity index (χ1) is 4.72. The molecule has 52 valence electrons. The van der Waals surface area contributed by atoms with Crippen molar-refractivity contribution < 1.29 is 5.11 Å². The van der Waals surface area contributed by atoms with E-state index in [9.17, 15) is 5.11 Å². The Labute approximate surface area is 65.4 Å². The lowest BCUT2D eigenvalue weighted by molar-refractivity contribution is 0.474. The largest absolute Gasteiger partial charge is 0.507 e. The molecule has 2 heteroatoms. The first kappa shape index (κ1) is 7.22. The van der Waals surface area contributed by atoms with Crippen LogP contribution in [0.3, 0.4) is 0 Å². The van der Waals surface area contributed by atoms with E-state index < -0.39 is 0 Å². The van der Waals surface area contributed by atoms with Gasteiger partial charge in [-0.1, -0.05) is 24.8 Å². The number of benzene rings is 1. The third-order valence-electron chi connectivity index (χ3n) is 1.21. The van der Waals surface area contributed by atoms with E-state index in [0.29, 0.717) is 10.5 Å². The highest BCUT2D eigenvalue weighted by Gasteiger charge is 1.97. The molecule has 10 heavy (non-hydrogen) atoms. The molecule has 0 aliphatic rings. The summed E-state index contributed by atoms with van der Waals surface area (Å²) in [6.45, 7) is 3.59. The summed E-state index contributed by atoms with van der Waals surface area (Å²) in [6.07, 6.45) is 0. The van der Waals surface area contributed by atoms with E-state index in [1.54, 1.807) is 18.2 Å². The van der Waals surface area contributed by atoms with Gasteiger partial charge in [0.15, 0.2) is 0 Å². The van der Waals surface area contributed by atoms with Crippen LogP contribution in [0, 0.1) is 0 Å². The van der Waals surface area contributed by atoms with Crippen LogP contribution in [0.4, 0.5) is 0 Å². The number of phenols is 1. The summed E-state index contributed by atoms with van der Waals surface area (Å²) in [5.74, 6) is 0.225. The minimum Gasteiger partial charge on any atom is -0.507 e. The monoisotopic (exact) mass is 152 g/mol. The number of thiol groups is 1. The third-order valence-corrected chi connectivity index (χ3v) is 1.46. The van der Waals surface area contributed by atoms with Crippen LogP contribution < -0.4 is 0 Å². The van der Waals surface area contributed by atoms with E-state index in [1.165, 1.54) is 0 Å². The van der Waals surface area contributed by atoms with E-state index in [2.05, 4.69) is 19.2 Å². The summed E-state index contributed by atoms with van der Waals surface area (Å²) in [7, 11) is 0. The second-order valence-electron chi connectivity index (χ2n) is 1.96. The van der Waals surface area contributed by atoms with Crippen LogP contribution in [-0.4, -0.2) is 5.11 Å².